The third-order valence-electron chi connectivity index (χ3n) is 8.71. The van der Waals surface area contributed by atoms with Crippen LogP contribution in [0.4, 0.5) is 14.9 Å². The normalized spacial score (nSPS) is 29.9. The zero-order chi connectivity index (χ0) is 31.8. The maximum absolute atomic E-state index is 14.8. The Bertz CT molecular complexity index is 1190. The molecule has 2 N–H and O–H groups in total. The molecule has 0 unspecified atom stereocenters. The number of anilines is 1. The van der Waals surface area contributed by atoms with Crippen LogP contribution in [0.2, 0.25) is 0 Å². The van der Waals surface area contributed by atoms with E-state index >= 15 is 0 Å². The molecule has 3 aliphatic rings. The number of likely N-dealkylation sites (N-methyl/N-ethyl adjacent to an activating group) is 1. The number of aliphatic hydroxyl groups excluding tert-OH is 2. The Kier molecular flexibility index (Phi) is 12.2. The summed E-state index contributed by atoms with van der Waals surface area (Å²) in [5, 5.41) is 20.1. The van der Waals surface area contributed by atoms with Crippen LogP contribution in [-0.4, -0.2) is 116 Å². The summed E-state index contributed by atoms with van der Waals surface area (Å²) in [7, 11) is 2.03. The van der Waals surface area contributed by atoms with Crippen molar-refractivity contribution in [1.29, 1.82) is 0 Å². The smallest absolute Gasteiger partial charge is 0.410 e. The number of carbonyl (C=O) groups is 2. The average Bonchev–Trinajstić information content (AvgIpc) is 3.00. The summed E-state index contributed by atoms with van der Waals surface area (Å²) in [6, 6.07) is 4.75. The highest BCUT2D eigenvalue weighted by molar-refractivity contribution is 5.71. The molecular formula is C33H48FN3O7. The Hall–Kier alpha value is -2.99. The zero-order valence-electron chi connectivity index (χ0n) is 26.4. The molecule has 11 heteroatoms. The number of esters is 1. The second-order valence-electron chi connectivity index (χ2n) is 12.5. The van der Waals surface area contributed by atoms with Gasteiger partial charge in [0.1, 0.15) is 18.0 Å². The van der Waals surface area contributed by atoms with Crippen molar-refractivity contribution in [1.82, 2.24) is 9.80 Å². The number of rotatable bonds is 5. The molecule has 3 heterocycles. The first-order valence-electron chi connectivity index (χ1n) is 15.7. The summed E-state index contributed by atoms with van der Waals surface area (Å²) in [5.41, 5.74) is 1.99. The van der Waals surface area contributed by atoms with Crippen LogP contribution < -0.4 is 4.90 Å². The highest BCUT2D eigenvalue weighted by atomic mass is 19.1. The molecule has 244 valence electrons. The number of amides is 1. The van der Waals surface area contributed by atoms with Crippen LogP contribution in [0.15, 0.2) is 35.9 Å². The van der Waals surface area contributed by atoms with Gasteiger partial charge >= 0.3 is 12.1 Å². The van der Waals surface area contributed by atoms with Gasteiger partial charge in [-0.15, -0.1) is 0 Å². The second-order valence-corrected chi connectivity index (χ2v) is 12.5. The molecule has 0 aliphatic carbocycles. The summed E-state index contributed by atoms with van der Waals surface area (Å²) >= 11 is 0. The van der Waals surface area contributed by atoms with Crippen molar-refractivity contribution in [3.05, 3.63) is 47.3 Å². The molecule has 0 radical (unpaired) electrons. The van der Waals surface area contributed by atoms with E-state index in [0.29, 0.717) is 62.5 Å². The van der Waals surface area contributed by atoms with E-state index in [1.54, 1.807) is 11.0 Å². The van der Waals surface area contributed by atoms with Crippen molar-refractivity contribution < 1.29 is 38.4 Å². The largest absolute Gasteiger partial charge is 0.457 e. The Morgan fingerprint density at radius 2 is 1.86 bits per heavy atom. The standard InChI is InChI=1S/C33H48FN3O7/c1-22-5-7-28(39)19-31(40)44-32(23(2)6-8-30(22)43-33(41)36-11-9-35(4)10-12-36)24(3)15-25-16-26(34)18-27(17-25)37-13-14-42-29(20-37)21-38/h6,8,15-18,22-23,28-30,32,38-39H,5,7,9-14,19-21H2,1-4H3/b8-6?,24-15+/t22-,23-,28+,29-,30-,32-/m0/s1. The fourth-order valence-electron chi connectivity index (χ4n) is 5.90. The van der Waals surface area contributed by atoms with E-state index in [0.717, 1.165) is 13.1 Å². The molecule has 1 amide bonds. The van der Waals surface area contributed by atoms with Crippen LogP contribution >= 0.6 is 0 Å². The number of piperazine rings is 1. The number of benzene rings is 1. The molecule has 1 aromatic rings. The minimum atomic E-state index is -0.885. The van der Waals surface area contributed by atoms with Gasteiger partial charge in [-0.3, -0.25) is 4.79 Å². The molecular weight excluding hydrogens is 569 g/mol. The highest BCUT2D eigenvalue weighted by Crippen LogP contribution is 2.28. The molecule has 1 aromatic carbocycles. The molecule has 0 saturated carbocycles. The van der Waals surface area contributed by atoms with Gasteiger partial charge in [0.2, 0.25) is 0 Å². The van der Waals surface area contributed by atoms with Gasteiger partial charge in [-0.1, -0.05) is 26.0 Å². The number of hydrogen-bond donors (Lipinski definition) is 2. The van der Waals surface area contributed by atoms with Gasteiger partial charge in [0.05, 0.1) is 31.8 Å². The molecule has 44 heavy (non-hydrogen) atoms. The Labute approximate surface area is 260 Å². The van der Waals surface area contributed by atoms with Crippen molar-refractivity contribution in [3.63, 3.8) is 0 Å². The summed E-state index contributed by atoms with van der Waals surface area (Å²) in [6.45, 7) is 9.86. The summed E-state index contributed by atoms with van der Waals surface area (Å²) in [6.07, 6.45) is 3.58. The van der Waals surface area contributed by atoms with E-state index in [9.17, 15) is 24.2 Å². The summed E-state index contributed by atoms with van der Waals surface area (Å²) in [4.78, 5) is 31.8. The van der Waals surface area contributed by atoms with Gasteiger partial charge in [0.25, 0.3) is 0 Å². The van der Waals surface area contributed by atoms with E-state index < -0.39 is 30.1 Å². The minimum absolute atomic E-state index is 0.0774. The fourth-order valence-corrected chi connectivity index (χ4v) is 5.90. The van der Waals surface area contributed by atoms with E-state index in [-0.39, 0.29) is 37.1 Å². The lowest BCUT2D eigenvalue weighted by Gasteiger charge is -2.34. The van der Waals surface area contributed by atoms with Gasteiger partial charge in [-0.05, 0) is 68.1 Å². The number of hydrogen-bond acceptors (Lipinski definition) is 9. The maximum atomic E-state index is 14.8. The lowest BCUT2D eigenvalue weighted by Crippen LogP contribution is -2.48. The third kappa shape index (κ3) is 9.50. The van der Waals surface area contributed by atoms with E-state index in [4.69, 9.17) is 14.2 Å². The highest BCUT2D eigenvalue weighted by Gasteiger charge is 2.29. The summed E-state index contributed by atoms with van der Waals surface area (Å²) < 4.78 is 32.2. The summed E-state index contributed by atoms with van der Waals surface area (Å²) in [5.74, 6) is -1.29. The molecule has 2 fully saturated rings. The number of nitrogens with zero attached hydrogens (tertiary/aromatic N) is 3. The van der Waals surface area contributed by atoms with Gasteiger partial charge in [-0.2, -0.15) is 0 Å². The van der Waals surface area contributed by atoms with Crippen molar-refractivity contribution in [2.45, 2.75) is 64.4 Å². The number of halogens is 1. The molecule has 10 nitrogen and oxygen atoms in total. The van der Waals surface area contributed by atoms with E-state index in [2.05, 4.69) is 4.90 Å². The van der Waals surface area contributed by atoms with Crippen LogP contribution in [0, 0.1) is 17.7 Å². The van der Waals surface area contributed by atoms with Crippen LogP contribution in [0.1, 0.15) is 45.6 Å². The number of morpholine rings is 1. The third-order valence-corrected chi connectivity index (χ3v) is 8.71. The SMILES string of the molecule is C/C(=C\c1cc(F)cc(N2CCO[C@H](CO)C2)c1)[C@H]1OC(=O)C[C@H](O)CC[C@H](C)[C@@H](OC(=O)N2CCN(C)CC2)C=C[C@@H]1C. The van der Waals surface area contributed by atoms with Crippen molar-refractivity contribution in [2.75, 3.05) is 64.4 Å². The van der Waals surface area contributed by atoms with E-state index in [1.165, 1.54) is 12.1 Å². The van der Waals surface area contributed by atoms with Gasteiger partial charge < -0.3 is 39.1 Å². The topological polar surface area (TPSA) is 112 Å². The lowest BCUT2D eigenvalue weighted by atomic mass is 9.91. The Morgan fingerprint density at radius 1 is 1.11 bits per heavy atom. The lowest BCUT2D eigenvalue weighted by molar-refractivity contribution is -0.151. The van der Waals surface area contributed by atoms with Gasteiger partial charge in [-0.25, -0.2) is 9.18 Å². The quantitative estimate of drug-likeness (QED) is 0.379. The zero-order valence-corrected chi connectivity index (χ0v) is 26.4. The van der Waals surface area contributed by atoms with Crippen LogP contribution in [-0.2, 0) is 19.0 Å². The van der Waals surface area contributed by atoms with Crippen molar-refractivity contribution in [3.8, 4) is 0 Å². The second kappa shape index (κ2) is 15.8. The fraction of sp³-hybridized carbons (Fsp3) is 0.636. The first-order chi connectivity index (χ1) is 21.0. The minimum Gasteiger partial charge on any atom is -0.457 e. The van der Waals surface area contributed by atoms with Crippen molar-refractivity contribution in [2.24, 2.45) is 11.8 Å². The number of ether oxygens (including phenoxy) is 3. The number of aliphatic hydroxyl groups is 2. The first kappa shape index (κ1) is 33.9. The average molecular weight is 618 g/mol. The van der Waals surface area contributed by atoms with E-state index in [1.807, 2.05) is 50.9 Å². The molecule has 3 aliphatic heterocycles. The van der Waals surface area contributed by atoms with Crippen molar-refractivity contribution >= 4 is 23.8 Å². The Balaban J connectivity index is 1.56. The molecule has 6 atom stereocenters. The van der Waals surface area contributed by atoms with Gasteiger partial charge in [0, 0.05) is 50.9 Å². The number of carbonyl (C=O) groups excluding carboxylic acids is 2. The van der Waals surface area contributed by atoms with Crippen LogP contribution in [0.25, 0.3) is 6.08 Å². The monoisotopic (exact) mass is 617 g/mol. The predicted octanol–water partition coefficient (Wildman–Crippen LogP) is 3.46. The molecule has 4 rings (SSSR count). The molecule has 0 bridgehead atoms. The van der Waals surface area contributed by atoms with Crippen LogP contribution in [0.3, 0.4) is 0 Å². The van der Waals surface area contributed by atoms with Gasteiger partial charge in [0.15, 0.2) is 0 Å². The van der Waals surface area contributed by atoms with Crippen LogP contribution in [0.5, 0.6) is 0 Å². The Morgan fingerprint density at radius 3 is 2.59 bits per heavy atom. The predicted molar refractivity (Wildman–Crippen MR) is 166 cm³/mol. The maximum Gasteiger partial charge on any atom is 0.410 e. The number of cyclic esters (lactones) is 1. The first-order valence-corrected chi connectivity index (χ1v) is 15.7. The molecule has 0 spiro atoms. The molecule has 2 saturated heterocycles. The molecule has 0 aromatic heterocycles.